The average Bonchev–Trinajstić information content (AvgIpc) is 2.69. The molecule has 1 aliphatic carbocycles. The van der Waals surface area contributed by atoms with Crippen molar-refractivity contribution in [1.82, 2.24) is 10.2 Å². The van der Waals surface area contributed by atoms with E-state index in [0.29, 0.717) is 5.54 Å². The molecular weight excluding hydrogens is 236 g/mol. The average molecular weight is 266 g/mol. The number of nitrogens with zero attached hydrogens (tertiary/aromatic N) is 1. The van der Waals surface area contributed by atoms with Crippen LogP contribution >= 0.6 is 0 Å². The molecule has 3 nitrogen and oxygen atoms in total. The van der Waals surface area contributed by atoms with Crippen LogP contribution < -0.4 is 5.32 Å². The Morgan fingerprint density at radius 3 is 2.68 bits per heavy atom. The Morgan fingerprint density at radius 1 is 1.16 bits per heavy atom. The highest BCUT2D eigenvalue weighted by molar-refractivity contribution is 4.99. The van der Waals surface area contributed by atoms with E-state index < -0.39 is 0 Å². The fraction of sp³-hybridized carbons (Fsp3) is 1.00. The predicted octanol–water partition coefficient (Wildman–Crippen LogP) is 2.55. The summed E-state index contributed by atoms with van der Waals surface area (Å²) in [7, 11) is 0. The standard InChI is InChI=1S/C16H30N2O/c1-15(2)12-14(6-11-19-15)18-10-5-9-17-16(13-18)7-3-4-8-16/h14,17H,3-13H2,1-2H3. The zero-order chi connectivity index (χ0) is 13.3. The minimum Gasteiger partial charge on any atom is -0.375 e. The van der Waals surface area contributed by atoms with Crippen LogP contribution in [0.1, 0.15) is 58.8 Å². The molecule has 1 atom stereocenters. The summed E-state index contributed by atoms with van der Waals surface area (Å²) in [5, 5.41) is 3.87. The van der Waals surface area contributed by atoms with Gasteiger partial charge in [-0.1, -0.05) is 12.8 Å². The van der Waals surface area contributed by atoms with Gasteiger partial charge in [0.15, 0.2) is 0 Å². The molecular formula is C16H30N2O. The maximum atomic E-state index is 5.89. The lowest BCUT2D eigenvalue weighted by Crippen LogP contribution is -2.54. The Hall–Kier alpha value is -0.120. The molecule has 3 heteroatoms. The van der Waals surface area contributed by atoms with Gasteiger partial charge in [0.1, 0.15) is 0 Å². The van der Waals surface area contributed by atoms with Crippen LogP contribution in [0.4, 0.5) is 0 Å². The van der Waals surface area contributed by atoms with Crippen LogP contribution in [0.5, 0.6) is 0 Å². The molecule has 110 valence electrons. The van der Waals surface area contributed by atoms with Gasteiger partial charge in [-0.15, -0.1) is 0 Å². The van der Waals surface area contributed by atoms with E-state index in [1.54, 1.807) is 0 Å². The number of nitrogens with one attached hydrogen (secondary N) is 1. The maximum Gasteiger partial charge on any atom is 0.0641 e. The molecule has 1 N–H and O–H groups in total. The van der Waals surface area contributed by atoms with Crippen molar-refractivity contribution in [3.8, 4) is 0 Å². The molecule has 0 bridgehead atoms. The fourth-order valence-electron chi connectivity index (χ4n) is 4.37. The van der Waals surface area contributed by atoms with Crippen LogP contribution in [0, 0.1) is 0 Å². The van der Waals surface area contributed by atoms with Crippen LogP contribution in [0.3, 0.4) is 0 Å². The van der Waals surface area contributed by atoms with Gasteiger partial charge in [0.2, 0.25) is 0 Å². The lowest BCUT2D eigenvalue weighted by Gasteiger charge is -2.43. The summed E-state index contributed by atoms with van der Waals surface area (Å²) in [6, 6.07) is 0.737. The van der Waals surface area contributed by atoms with Crippen molar-refractivity contribution in [2.45, 2.75) is 76.0 Å². The number of hydrogen-bond acceptors (Lipinski definition) is 3. The molecule has 3 fully saturated rings. The van der Waals surface area contributed by atoms with Gasteiger partial charge < -0.3 is 10.1 Å². The summed E-state index contributed by atoms with van der Waals surface area (Å²) in [6.45, 7) is 9.20. The van der Waals surface area contributed by atoms with Crippen LogP contribution in [0.2, 0.25) is 0 Å². The third kappa shape index (κ3) is 3.14. The van der Waals surface area contributed by atoms with Crippen LogP contribution in [-0.4, -0.2) is 48.3 Å². The third-order valence-corrected chi connectivity index (χ3v) is 5.38. The minimum atomic E-state index is 0.0749. The van der Waals surface area contributed by atoms with E-state index in [-0.39, 0.29) is 5.60 Å². The fourth-order valence-corrected chi connectivity index (χ4v) is 4.37. The van der Waals surface area contributed by atoms with E-state index in [4.69, 9.17) is 4.74 Å². The number of ether oxygens (including phenoxy) is 1. The minimum absolute atomic E-state index is 0.0749. The van der Waals surface area contributed by atoms with Crippen molar-refractivity contribution in [2.24, 2.45) is 0 Å². The first-order valence-corrected chi connectivity index (χ1v) is 8.22. The van der Waals surface area contributed by atoms with E-state index in [1.165, 1.54) is 64.6 Å². The van der Waals surface area contributed by atoms with Crippen LogP contribution in [0.25, 0.3) is 0 Å². The largest absolute Gasteiger partial charge is 0.375 e. The highest BCUT2D eigenvalue weighted by Gasteiger charge is 2.40. The van der Waals surface area contributed by atoms with E-state index in [0.717, 1.165) is 12.6 Å². The van der Waals surface area contributed by atoms with Gasteiger partial charge in [0, 0.05) is 24.7 Å². The Labute approximate surface area is 118 Å². The van der Waals surface area contributed by atoms with Crippen molar-refractivity contribution in [2.75, 3.05) is 26.2 Å². The summed E-state index contributed by atoms with van der Waals surface area (Å²) in [5.41, 5.74) is 0.518. The molecule has 3 rings (SSSR count). The normalized spacial score (nSPS) is 35.4. The van der Waals surface area contributed by atoms with E-state index in [9.17, 15) is 0 Å². The highest BCUT2D eigenvalue weighted by Crippen LogP contribution is 2.34. The lowest BCUT2D eigenvalue weighted by atomic mass is 9.90. The van der Waals surface area contributed by atoms with Crippen LogP contribution in [0.15, 0.2) is 0 Å². The Morgan fingerprint density at radius 2 is 1.95 bits per heavy atom. The zero-order valence-electron chi connectivity index (χ0n) is 12.7. The molecule has 2 aliphatic heterocycles. The molecule has 1 unspecified atom stereocenters. The summed E-state index contributed by atoms with van der Waals surface area (Å²) in [4.78, 5) is 2.79. The third-order valence-electron chi connectivity index (χ3n) is 5.38. The SMILES string of the molecule is CC1(C)CC(N2CCCNC3(CCCC3)C2)CCO1. The van der Waals surface area contributed by atoms with E-state index in [2.05, 4.69) is 24.1 Å². The first kappa shape index (κ1) is 13.8. The first-order valence-electron chi connectivity index (χ1n) is 8.22. The van der Waals surface area contributed by atoms with Gasteiger partial charge in [0.25, 0.3) is 0 Å². The molecule has 0 aromatic carbocycles. The quantitative estimate of drug-likeness (QED) is 0.789. The number of rotatable bonds is 1. The van der Waals surface area contributed by atoms with Crippen molar-refractivity contribution in [1.29, 1.82) is 0 Å². The molecule has 0 aromatic heterocycles. The van der Waals surface area contributed by atoms with Gasteiger partial charge >= 0.3 is 0 Å². The highest BCUT2D eigenvalue weighted by atomic mass is 16.5. The van der Waals surface area contributed by atoms with Gasteiger partial charge in [-0.3, -0.25) is 4.90 Å². The molecule has 2 heterocycles. The molecule has 19 heavy (non-hydrogen) atoms. The van der Waals surface area contributed by atoms with Crippen LogP contribution in [-0.2, 0) is 4.74 Å². The summed E-state index contributed by atoms with van der Waals surface area (Å²) in [6.07, 6.45) is 9.33. The van der Waals surface area contributed by atoms with Gasteiger partial charge in [-0.05, 0) is 59.0 Å². The smallest absolute Gasteiger partial charge is 0.0641 e. The summed E-state index contributed by atoms with van der Waals surface area (Å²) < 4.78 is 5.89. The summed E-state index contributed by atoms with van der Waals surface area (Å²) in [5.74, 6) is 0. The first-order chi connectivity index (χ1) is 9.09. The summed E-state index contributed by atoms with van der Waals surface area (Å²) >= 11 is 0. The van der Waals surface area contributed by atoms with Gasteiger partial charge in [-0.2, -0.15) is 0 Å². The molecule has 0 aromatic rings. The second kappa shape index (κ2) is 5.34. The Balaban J connectivity index is 1.68. The molecule has 3 aliphatic rings. The topological polar surface area (TPSA) is 24.5 Å². The van der Waals surface area contributed by atoms with Gasteiger partial charge in [-0.25, -0.2) is 0 Å². The maximum absolute atomic E-state index is 5.89. The van der Waals surface area contributed by atoms with E-state index >= 15 is 0 Å². The second-order valence-electron chi connectivity index (χ2n) is 7.49. The van der Waals surface area contributed by atoms with Gasteiger partial charge in [0.05, 0.1) is 5.60 Å². The monoisotopic (exact) mass is 266 g/mol. The van der Waals surface area contributed by atoms with E-state index in [1.807, 2.05) is 0 Å². The Bertz CT molecular complexity index is 310. The zero-order valence-corrected chi connectivity index (χ0v) is 12.7. The molecule has 1 saturated carbocycles. The Kier molecular flexibility index (Phi) is 3.89. The van der Waals surface area contributed by atoms with Crippen molar-refractivity contribution >= 4 is 0 Å². The molecule has 2 saturated heterocycles. The van der Waals surface area contributed by atoms with Crippen molar-refractivity contribution in [3.63, 3.8) is 0 Å². The number of hydrogen-bond donors (Lipinski definition) is 1. The lowest BCUT2D eigenvalue weighted by molar-refractivity contribution is -0.0848. The van der Waals surface area contributed by atoms with Crippen molar-refractivity contribution < 1.29 is 4.74 Å². The molecule has 0 amide bonds. The van der Waals surface area contributed by atoms with Crippen molar-refractivity contribution in [3.05, 3.63) is 0 Å². The molecule has 0 radical (unpaired) electrons. The molecule has 1 spiro atoms. The predicted molar refractivity (Wildman–Crippen MR) is 78.4 cm³/mol. The second-order valence-corrected chi connectivity index (χ2v) is 7.49.